The SMILES string of the molecule is N#Cc1ccc2c(c1)CC(NC(=O)c1cc3n(n1)CCC(CCOC(F)F)O3)CO2. The van der Waals surface area contributed by atoms with Crippen molar-refractivity contribution in [3.63, 3.8) is 0 Å². The zero-order valence-corrected chi connectivity index (χ0v) is 16.0. The third-order valence-electron chi connectivity index (χ3n) is 5.04. The van der Waals surface area contributed by atoms with E-state index in [0.717, 1.165) is 5.56 Å². The zero-order valence-electron chi connectivity index (χ0n) is 16.0. The maximum Gasteiger partial charge on any atom is 0.345 e. The van der Waals surface area contributed by atoms with Gasteiger partial charge < -0.3 is 19.5 Å². The van der Waals surface area contributed by atoms with Crippen molar-refractivity contribution < 1.29 is 27.8 Å². The summed E-state index contributed by atoms with van der Waals surface area (Å²) in [5.74, 6) is 0.788. The summed E-state index contributed by atoms with van der Waals surface area (Å²) in [6.45, 7) is -2.04. The fraction of sp³-hybridized carbons (Fsp3) is 0.450. The highest BCUT2D eigenvalue weighted by atomic mass is 19.3. The van der Waals surface area contributed by atoms with Crippen LogP contribution in [0, 0.1) is 11.3 Å². The molecule has 1 amide bonds. The predicted molar refractivity (Wildman–Crippen MR) is 99.4 cm³/mol. The minimum Gasteiger partial charge on any atom is -0.491 e. The van der Waals surface area contributed by atoms with Crippen molar-refractivity contribution in [3.05, 3.63) is 41.1 Å². The molecule has 2 atom stereocenters. The summed E-state index contributed by atoms with van der Waals surface area (Å²) < 4.78 is 41.5. The summed E-state index contributed by atoms with van der Waals surface area (Å²) in [7, 11) is 0. The second-order valence-electron chi connectivity index (χ2n) is 7.16. The number of ether oxygens (including phenoxy) is 3. The molecule has 2 unspecified atom stereocenters. The number of fused-ring (bicyclic) bond motifs is 2. The Bertz CT molecular complexity index is 972. The lowest BCUT2D eigenvalue weighted by molar-refractivity contribution is -0.133. The van der Waals surface area contributed by atoms with E-state index in [1.807, 2.05) is 0 Å². The zero-order chi connectivity index (χ0) is 21.1. The van der Waals surface area contributed by atoms with E-state index in [-0.39, 0.29) is 30.4 Å². The number of alkyl halides is 2. The molecule has 10 heteroatoms. The van der Waals surface area contributed by atoms with Gasteiger partial charge in [-0.3, -0.25) is 4.79 Å². The number of nitrogens with one attached hydrogen (secondary N) is 1. The molecular formula is C20H20F2N4O4. The summed E-state index contributed by atoms with van der Waals surface area (Å²) in [4.78, 5) is 12.6. The molecule has 0 radical (unpaired) electrons. The van der Waals surface area contributed by atoms with E-state index >= 15 is 0 Å². The Morgan fingerprint density at radius 2 is 2.30 bits per heavy atom. The van der Waals surface area contributed by atoms with Crippen molar-refractivity contribution in [2.45, 2.75) is 44.6 Å². The van der Waals surface area contributed by atoms with E-state index < -0.39 is 6.61 Å². The van der Waals surface area contributed by atoms with E-state index in [2.05, 4.69) is 21.2 Å². The summed E-state index contributed by atoms with van der Waals surface area (Å²) >= 11 is 0. The highest BCUT2D eigenvalue weighted by Crippen LogP contribution is 2.27. The Morgan fingerprint density at radius 3 is 3.10 bits per heavy atom. The van der Waals surface area contributed by atoms with E-state index in [9.17, 15) is 13.6 Å². The van der Waals surface area contributed by atoms with Crippen molar-refractivity contribution in [2.75, 3.05) is 13.2 Å². The number of nitrogens with zero attached hydrogens (tertiary/aromatic N) is 3. The number of rotatable bonds is 6. The first-order valence-corrected chi connectivity index (χ1v) is 9.63. The van der Waals surface area contributed by atoms with Crippen LogP contribution < -0.4 is 14.8 Å². The number of hydrogen-bond acceptors (Lipinski definition) is 6. The first kappa shape index (κ1) is 20.1. The number of halogens is 2. The van der Waals surface area contributed by atoms with E-state index in [4.69, 9.17) is 14.7 Å². The van der Waals surface area contributed by atoms with Gasteiger partial charge in [0.25, 0.3) is 5.91 Å². The Morgan fingerprint density at radius 1 is 1.43 bits per heavy atom. The summed E-state index contributed by atoms with van der Waals surface area (Å²) in [6, 6.07) is 8.60. The second kappa shape index (κ2) is 8.67. The average molecular weight is 418 g/mol. The number of benzene rings is 1. The topological polar surface area (TPSA) is 98.4 Å². The number of hydrogen-bond donors (Lipinski definition) is 1. The number of aromatic nitrogens is 2. The van der Waals surface area contributed by atoms with Crippen molar-refractivity contribution in [2.24, 2.45) is 0 Å². The number of aryl methyl sites for hydroxylation is 1. The molecule has 158 valence electrons. The van der Waals surface area contributed by atoms with Crippen LogP contribution in [-0.2, 0) is 17.7 Å². The van der Waals surface area contributed by atoms with Crippen LogP contribution in [0.25, 0.3) is 0 Å². The largest absolute Gasteiger partial charge is 0.491 e. The average Bonchev–Trinajstić information content (AvgIpc) is 3.16. The molecule has 0 fully saturated rings. The van der Waals surface area contributed by atoms with Crippen molar-refractivity contribution in [1.29, 1.82) is 5.26 Å². The summed E-state index contributed by atoms with van der Waals surface area (Å²) in [6.07, 6.45) is 1.21. The van der Waals surface area contributed by atoms with Gasteiger partial charge in [0.2, 0.25) is 5.88 Å². The van der Waals surface area contributed by atoms with Gasteiger partial charge in [-0.25, -0.2) is 4.68 Å². The van der Waals surface area contributed by atoms with Gasteiger partial charge in [-0.15, -0.1) is 0 Å². The predicted octanol–water partition coefficient (Wildman–Crippen LogP) is 2.27. The standard InChI is InChI=1S/C20H20F2N4O4/c21-20(22)28-6-4-15-3-5-26-18(30-15)9-16(25-26)19(27)24-14-8-13-7-12(10-23)1-2-17(13)29-11-14/h1-2,7,9,14-15,20H,3-6,8,11H2,(H,24,27). The lowest BCUT2D eigenvalue weighted by Crippen LogP contribution is -2.42. The van der Waals surface area contributed by atoms with Gasteiger partial charge in [0.15, 0.2) is 5.69 Å². The number of nitriles is 1. The van der Waals surface area contributed by atoms with Crippen molar-refractivity contribution in [3.8, 4) is 17.7 Å². The maximum atomic E-state index is 12.6. The van der Waals surface area contributed by atoms with E-state index in [1.54, 1.807) is 28.9 Å². The van der Waals surface area contributed by atoms with Gasteiger partial charge in [-0.05, 0) is 30.2 Å². The van der Waals surface area contributed by atoms with Gasteiger partial charge in [-0.2, -0.15) is 19.1 Å². The molecule has 0 saturated carbocycles. The molecule has 2 aliphatic rings. The fourth-order valence-corrected chi connectivity index (χ4v) is 3.57. The van der Waals surface area contributed by atoms with Crippen LogP contribution >= 0.6 is 0 Å². The first-order valence-electron chi connectivity index (χ1n) is 9.63. The molecule has 3 heterocycles. The van der Waals surface area contributed by atoms with Crippen molar-refractivity contribution in [1.82, 2.24) is 15.1 Å². The molecule has 0 aliphatic carbocycles. The van der Waals surface area contributed by atoms with Crippen LogP contribution in [0.3, 0.4) is 0 Å². The summed E-state index contributed by atoms with van der Waals surface area (Å²) in [5.41, 5.74) is 1.62. The van der Waals surface area contributed by atoms with Crippen LogP contribution in [0.2, 0.25) is 0 Å². The lowest BCUT2D eigenvalue weighted by Gasteiger charge is -2.25. The van der Waals surface area contributed by atoms with Crippen LogP contribution in [-0.4, -0.2) is 47.7 Å². The maximum absolute atomic E-state index is 12.6. The molecule has 0 bridgehead atoms. The van der Waals surface area contributed by atoms with Gasteiger partial charge >= 0.3 is 6.61 Å². The van der Waals surface area contributed by atoms with Crippen LogP contribution in [0.15, 0.2) is 24.3 Å². The fourth-order valence-electron chi connectivity index (χ4n) is 3.57. The van der Waals surface area contributed by atoms with Gasteiger partial charge in [-0.1, -0.05) is 0 Å². The van der Waals surface area contributed by atoms with Crippen LogP contribution in [0.5, 0.6) is 11.6 Å². The third kappa shape index (κ3) is 4.52. The molecule has 1 aromatic carbocycles. The van der Waals surface area contributed by atoms with Crippen molar-refractivity contribution >= 4 is 5.91 Å². The Kier molecular flexibility index (Phi) is 5.81. The monoisotopic (exact) mass is 418 g/mol. The smallest absolute Gasteiger partial charge is 0.345 e. The van der Waals surface area contributed by atoms with Gasteiger partial charge in [0.1, 0.15) is 18.5 Å². The molecule has 0 spiro atoms. The molecule has 1 N–H and O–H groups in total. The first-order chi connectivity index (χ1) is 14.5. The van der Waals surface area contributed by atoms with Crippen LogP contribution in [0.1, 0.15) is 34.5 Å². The second-order valence-corrected chi connectivity index (χ2v) is 7.16. The highest BCUT2D eigenvalue weighted by molar-refractivity contribution is 5.92. The molecule has 8 nitrogen and oxygen atoms in total. The molecule has 4 rings (SSSR count). The molecule has 1 aromatic heterocycles. The Hall–Kier alpha value is -3.19. The minimum absolute atomic E-state index is 0.0967. The number of carbonyl (C=O) groups excluding carboxylic acids is 1. The van der Waals surface area contributed by atoms with Gasteiger partial charge in [0, 0.05) is 25.5 Å². The molecule has 2 aromatic rings. The third-order valence-corrected chi connectivity index (χ3v) is 5.04. The minimum atomic E-state index is -2.79. The van der Waals surface area contributed by atoms with Crippen LogP contribution in [0.4, 0.5) is 8.78 Å². The van der Waals surface area contributed by atoms with E-state index in [0.29, 0.717) is 49.6 Å². The molecule has 0 saturated heterocycles. The summed E-state index contributed by atoms with van der Waals surface area (Å²) in [5, 5.41) is 16.2. The number of carbonyl (C=O) groups is 1. The number of amides is 1. The van der Waals surface area contributed by atoms with Gasteiger partial charge in [0.05, 0.1) is 24.3 Å². The normalized spacial score (nSPS) is 19.8. The highest BCUT2D eigenvalue weighted by Gasteiger charge is 2.26. The quantitative estimate of drug-likeness (QED) is 0.773. The molecule has 2 aliphatic heterocycles. The molecule has 30 heavy (non-hydrogen) atoms. The molecular weight excluding hydrogens is 398 g/mol. The lowest BCUT2D eigenvalue weighted by atomic mass is 10.0. The Labute approximate surface area is 171 Å². The van der Waals surface area contributed by atoms with E-state index in [1.165, 1.54) is 0 Å². The Balaban J connectivity index is 1.35.